The van der Waals surface area contributed by atoms with E-state index in [2.05, 4.69) is 36.1 Å². The summed E-state index contributed by atoms with van der Waals surface area (Å²) in [6, 6.07) is 8.69. The zero-order valence-electron chi connectivity index (χ0n) is 11.3. The number of aliphatic hydroxyl groups is 1. The minimum Gasteiger partial charge on any atom is -0.393 e. The lowest BCUT2D eigenvalue weighted by molar-refractivity contribution is 0.0902. The molecule has 0 spiro atoms. The standard InChI is InChI=1S/C15H24N2O/c1-3-15(18)12-8-13(16)10-17(9-12)14-6-4-11(2)5-7-14/h4-7,12-13,15,18H,3,8-10,16H2,1-2H3. The second kappa shape index (κ2) is 5.72. The number of aryl methyl sites for hydroxylation is 1. The highest BCUT2D eigenvalue weighted by Gasteiger charge is 2.29. The van der Waals surface area contributed by atoms with Gasteiger partial charge in [0.2, 0.25) is 0 Å². The molecule has 3 atom stereocenters. The van der Waals surface area contributed by atoms with Crippen molar-refractivity contribution in [1.29, 1.82) is 0 Å². The van der Waals surface area contributed by atoms with Crippen LogP contribution in [-0.2, 0) is 0 Å². The number of piperidine rings is 1. The van der Waals surface area contributed by atoms with Gasteiger partial charge in [0.25, 0.3) is 0 Å². The third-order valence-electron chi connectivity index (χ3n) is 3.88. The monoisotopic (exact) mass is 248 g/mol. The summed E-state index contributed by atoms with van der Waals surface area (Å²) >= 11 is 0. The summed E-state index contributed by atoms with van der Waals surface area (Å²) in [5, 5.41) is 10.0. The van der Waals surface area contributed by atoms with Crippen molar-refractivity contribution >= 4 is 5.69 Å². The summed E-state index contributed by atoms with van der Waals surface area (Å²) in [6.07, 6.45) is 1.50. The van der Waals surface area contributed by atoms with Crippen LogP contribution in [0.15, 0.2) is 24.3 Å². The molecule has 0 saturated carbocycles. The summed E-state index contributed by atoms with van der Waals surface area (Å²) in [7, 11) is 0. The van der Waals surface area contributed by atoms with Crippen molar-refractivity contribution in [2.24, 2.45) is 11.7 Å². The van der Waals surface area contributed by atoms with Crippen LogP contribution in [0.2, 0.25) is 0 Å². The van der Waals surface area contributed by atoms with Crippen LogP contribution < -0.4 is 10.6 Å². The van der Waals surface area contributed by atoms with Crippen molar-refractivity contribution in [1.82, 2.24) is 0 Å². The van der Waals surface area contributed by atoms with Crippen LogP contribution in [0.1, 0.15) is 25.3 Å². The smallest absolute Gasteiger partial charge is 0.0583 e. The summed E-state index contributed by atoms with van der Waals surface area (Å²) in [5.41, 5.74) is 8.60. The van der Waals surface area contributed by atoms with E-state index < -0.39 is 0 Å². The first-order chi connectivity index (χ1) is 8.60. The topological polar surface area (TPSA) is 49.5 Å². The maximum atomic E-state index is 10.0. The van der Waals surface area contributed by atoms with E-state index in [1.54, 1.807) is 0 Å². The molecule has 100 valence electrons. The highest BCUT2D eigenvalue weighted by molar-refractivity contribution is 5.48. The Morgan fingerprint density at radius 2 is 2.00 bits per heavy atom. The molecule has 3 nitrogen and oxygen atoms in total. The van der Waals surface area contributed by atoms with Gasteiger partial charge in [0.15, 0.2) is 0 Å². The molecule has 1 heterocycles. The van der Waals surface area contributed by atoms with E-state index in [4.69, 9.17) is 5.73 Å². The second-order valence-corrected chi connectivity index (χ2v) is 5.47. The first kappa shape index (κ1) is 13.4. The normalized spacial score (nSPS) is 26.1. The number of nitrogens with two attached hydrogens (primary N) is 1. The number of aliphatic hydroxyl groups excluding tert-OH is 1. The first-order valence-corrected chi connectivity index (χ1v) is 6.85. The fraction of sp³-hybridized carbons (Fsp3) is 0.600. The zero-order valence-corrected chi connectivity index (χ0v) is 11.3. The van der Waals surface area contributed by atoms with Crippen molar-refractivity contribution in [3.05, 3.63) is 29.8 Å². The van der Waals surface area contributed by atoms with Crippen molar-refractivity contribution in [2.45, 2.75) is 38.8 Å². The molecule has 0 bridgehead atoms. The van der Waals surface area contributed by atoms with Gasteiger partial charge < -0.3 is 15.7 Å². The molecule has 1 aromatic carbocycles. The Morgan fingerprint density at radius 1 is 1.33 bits per heavy atom. The van der Waals surface area contributed by atoms with E-state index in [1.165, 1.54) is 11.3 Å². The summed E-state index contributed by atoms with van der Waals surface area (Å²) in [4.78, 5) is 2.30. The fourth-order valence-corrected chi connectivity index (χ4v) is 2.76. The van der Waals surface area contributed by atoms with Gasteiger partial charge >= 0.3 is 0 Å². The van der Waals surface area contributed by atoms with E-state index in [1.807, 2.05) is 6.92 Å². The molecule has 2 rings (SSSR count). The van der Waals surface area contributed by atoms with Gasteiger partial charge in [0.05, 0.1) is 6.10 Å². The predicted molar refractivity (Wildman–Crippen MR) is 75.8 cm³/mol. The molecule has 1 fully saturated rings. The van der Waals surface area contributed by atoms with E-state index in [0.717, 1.165) is 25.9 Å². The lowest BCUT2D eigenvalue weighted by Gasteiger charge is -2.39. The lowest BCUT2D eigenvalue weighted by Crippen LogP contribution is -2.50. The Kier molecular flexibility index (Phi) is 4.25. The maximum Gasteiger partial charge on any atom is 0.0583 e. The van der Waals surface area contributed by atoms with Gasteiger partial charge in [-0.3, -0.25) is 0 Å². The third kappa shape index (κ3) is 3.03. The van der Waals surface area contributed by atoms with Crippen LogP contribution in [0.4, 0.5) is 5.69 Å². The minimum atomic E-state index is -0.232. The number of anilines is 1. The second-order valence-electron chi connectivity index (χ2n) is 5.47. The highest BCUT2D eigenvalue weighted by Crippen LogP contribution is 2.25. The Morgan fingerprint density at radius 3 is 2.61 bits per heavy atom. The van der Waals surface area contributed by atoms with E-state index >= 15 is 0 Å². The predicted octanol–water partition coefficient (Wildman–Crippen LogP) is 1.92. The number of benzene rings is 1. The molecular weight excluding hydrogens is 224 g/mol. The van der Waals surface area contributed by atoms with Gasteiger partial charge in [-0.2, -0.15) is 0 Å². The zero-order chi connectivity index (χ0) is 13.1. The molecule has 18 heavy (non-hydrogen) atoms. The van der Waals surface area contributed by atoms with Crippen molar-refractivity contribution in [3.63, 3.8) is 0 Å². The Balaban J connectivity index is 2.10. The molecule has 0 aliphatic carbocycles. The van der Waals surface area contributed by atoms with Gasteiger partial charge in [-0.15, -0.1) is 0 Å². The van der Waals surface area contributed by atoms with Crippen LogP contribution in [0.25, 0.3) is 0 Å². The minimum absolute atomic E-state index is 0.159. The first-order valence-electron chi connectivity index (χ1n) is 6.85. The van der Waals surface area contributed by atoms with Crippen LogP contribution in [0.3, 0.4) is 0 Å². The molecule has 0 amide bonds. The van der Waals surface area contributed by atoms with Gasteiger partial charge in [-0.25, -0.2) is 0 Å². The van der Waals surface area contributed by atoms with Crippen LogP contribution in [-0.4, -0.2) is 30.3 Å². The summed E-state index contributed by atoms with van der Waals surface area (Å²) < 4.78 is 0. The Hall–Kier alpha value is -1.06. The third-order valence-corrected chi connectivity index (χ3v) is 3.88. The molecule has 1 aromatic rings. The lowest BCUT2D eigenvalue weighted by atomic mass is 9.88. The van der Waals surface area contributed by atoms with Gasteiger partial charge in [0.1, 0.15) is 0 Å². The van der Waals surface area contributed by atoms with E-state index in [9.17, 15) is 5.11 Å². The van der Waals surface area contributed by atoms with Gasteiger partial charge in [-0.1, -0.05) is 24.6 Å². The maximum absolute atomic E-state index is 10.0. The molecule has 0 aromatic heterocycles. The fourth-order valence-electron chi connectivity index (χ4n) is 2.76. The molecule has 1 aliphatic rings. The molecular formula is C15H24N2O. The highest BCUT2D eigenvalue weighted by atomic mass is 16.3. The van der Waals surface area contributed by atoms with E-state index in [-0.39, 0.29) is 12.1 Å². The number of nitrogens with zero attached hydrogens (tertiary/aromatic N) is 1. The summed E-state index contributed by atoms with van der Waals surface area (Å²) in [6.45, 7) is 5.91. The van der Waals surface area contributed by atoms with Crippen molar-refractivity contribution < 1.29 is 5.11 Å². The Bertz CT molecular complexity index is 377. The van der Waals surface area contributed by atoms with Gasteiger partial charge in [-0.05, 0) is 31.9 Å². The SMILES string of the molecule is CCC(O)C1CC(N)CN(c2ccc(C)cc2)C1. The quantitative estimate of drug-likeness (QED) is 0.859. The van der Waals surface area contributed by atoms with Crippen molar-refractivity contribution in [3.8, 4) is 0 Å². The largest absolute Gasteiger partial charge is 0.393 e. The molecule has 1 saturated heterocycles. The average Bonchev–Trinajstić information content (AvgIpc) is 2.38. The molecule has 0 radical (unpaired) electrons. The summed E-state index contributed by atoms with van der Waals surface area (Å²) in [5.74, 6) is 0.292. The number of hydrogen-bond donors (Lipinski definition) is 2. The van der Waals surface area contributed by atoms with Crippen LogP contribution in [0.5, 0.6) is 0 Å². The average molecular weight is 248 g/mol. The van der Waals surface area contributed by atoms with Crippen LogP contribution in [0, 0.1) is 12.8 Å². The Labute approximate surface area is 110 Å². The molecule has 3 heteroatoms. The van der Waals surface area contributed by atoms with E-state index in [0.29, 0.717) is 5.92 Å². The van der Waals surface area contributed by atoms with Crippen molar-refractivity contribution in [2.75, 3.05) is 18.0 Å². The molecule has 3 N–H and O–H groups in total. The number of hydrogen-bond acceptors (Lipinski definition) is 3. The molecule has 1 aliphatic heterocycles. The van der Waals surface area contributed by atoms with Gasteiger partial charge in [0, 0.05) is 30.7 Å². The molecule has 3 unspecified atom stereocenters. The number of rotatable bonds is 3. The van der Waals surface area contributed by atoms with Crippen LogP contribution >= 0.6 is 0 Å².